The van der Waals surface area contributed by atoms with Crippen LogP contribution in [0.4, 0.5) is 0 Å². The lowest BCUT2D eigenvalue weighted by Crippen LogP contribution is -2.41. The maximum atomic E-state index is 13.4. The summed E-state index contributed by atoms with van der Waals surface area (Å²) in [5.41, 5.74) is 0. The van der Waals surface area contributed by atoms with E-state index in [-0.39, 0.29) is 54.8 Å². The van der Waals surface area contributed by atoms with Crippen LogP contribution < -0.4 is 4.74 Å². The van der Waals surface area contributed by atoms with Gasteiger partial charge in [0.25, 0.3) is 5.91 Å². The van der Waals surface area contributed by atoms with E-state index in [0.717, 1.165) is 30.6 Å². The number of hydrogen-bond donors (Lipinski definition) is 1. The minimum absolute atomic E-state index is 0.0213. The van der Waals surface area contributed by atoms with Gasteiger partial charge >= 0.3 is 0 Å². The van der Waals surface area contributed by atoms with E-state index >= 15 is 0 Å². The lowest BCUT2D eigenvalue weighted by Gasteiger charge is -2.34. The van der Waals surface area contributed by atoms with Crippen molar-refractivity contribution in [3.05, 3.63) is 58.5 Å². The summed E-state index contributed by atoms with van der Waals surface area (Å²) in [5.74, 6) is 0.629. The number of nitrogens with zero attached hydrogens (tertiary/aromatic N) is 2. The van der Waals surface area contributed by atoms with E-state index in [9.17, 15) is 18.3 Å². The Bertz CT molecular complexity index is 1190. The molecule has 1 aliphatic carbocycles. The van der Waals surface area contributed by atoms with Crippen LogP contribution in [0.2, 0.25) is 0 Å². The standard InChI is InChI=1S/C28H38N2O7S2/c1-29(22-7-4-3-5-8-22)28(32)25-19-21(26-9-6-18-38-26)20-27(37-25)36-17-15-30(14-16-31)39(33,34)24-12-10-23(35-2)11-13-24/h6,9-13,18-19,21-22,27,31H,3-5,7-8,14-17,20H2,1-2H3/t21-,27+/m1/s1. The van der Waals surface area contributed by atoms with E-state index in [1.807, 2.05) is 30.6 Å². The highest BCUT2D eigenvalue weighted by Gasteiger charge is 2.33. The molecule has 1 aliphatic heterocycles. The second-order valence-corrected chi connectivity index (χ2v) is 12.7. The maximum absolute atomic E-state index is 13.4. The van der Waals surface area contributed by atoms with Gasteiger partial charge < -0.3 is 24.2 Å². The first-order chi connectivity index (χ1) is 18.8. The number of amides is 1. The summed E-state index contributed by atoms with van der Waals surface area (Å²) in [7, 11) is -0.510. The number of thiophene rings is 1. The Hall–Kier alpha value is -2.44. The van der Waals surface area contributed by atoms with Crippen LogP contribution in [-0.4, -0.2) is 81.4 Å². The van der Waals surface area contributed by atoms with Gasteiger partial charge in [0.05, 0.1) is 25.2 Å². The molecule has 11 heteroatoms. The molecule has 0 saturated heterocycles. The Kier molecular flexibility index (Phi) is 10.4. The van der Waals surface area contributed by atoms with Gasteiger partial charge in [-0.15, -0.1) is 11.3 Å². The van der Waals surface area contributed by atoms with Gasteiger partial charge in [0.2, 0.25) is 16.3 Å². The number of aliphatic hydroxyl groups excluding tert-OH is 1. The summed E-state index contributed by atoms with van der Waals surface area (Å²) in [6.07, 6.45) is 7.12. The van der Waals surface area contributed by atoms with Crippen molar-refractivity contribution in [3.8, 4) is 5.75 Å². The number of carbonyl (C=O) groups excluding carboxylic acids is 1. The molecule has 2 atom stereocenters. The van der Waals surface area contributed by atoms with Crippen LogP contribution >= 0.6 is 11.3 Å². The molecule has 0 spiro atoms. The van der Waals surface area contributed by atoms with E-state index in [2.05, 4.69) is 0 Å². The number of ether oxygens (including phenoxy) is 3. The molecule has 1 aromatic carbocycles. The number of sulfonamides is 1. The summed E-state index contributed by atoms with van der Waals surface area (Å²) in [6, 6.07) is 10.3. The van der Waals surface area contributed by atoms with Crippen LogP contribution in [0.15, 0.2) is 58.5 Å². The summed E-state index contributed by atoms with van der Waals surface area (Å²) in [6.45, 7) is -0.341. The van der Waals surface area contributed by atoms with E-state index < -0.39 is 16.3 Å². The molecule has 39 heavy (non-hydrogen) atoms. The zero-order valence-corrected chi connectivity index (χ0v) is 24.2. The van der Waals surface area contributed by atoms with Crippen LogP contribution in [0.5, 0.6) is 5.75 Å². The molecular weight excluding hydrogens is 540 g/mol. The summed E-state index contributed by atoms with van der Waals surface area (Å²) >= 11 is 1.62. The Morgan fingerprint density at radius 2 is 1.87 bits per heavy atom. The van der Waals surface area contributed by atoms with Crippen molar-refractivity contribution >= 4 is 27.3 Å². The fourth-order valence-corrected chi connectivity index (χ4v) is 7.29. The van der Waals surface area contributed by atoms with Gasteiger partial charge in [-0.25, -0.2) is 8.42 Å². The molecule has 9 nitrogen and oxygen atoms in total. The molecule has 2 heterocycles. The quantitative estimate of drug-likeness (QED) is 0.406. The lowest BCUT2D eigenvalue weighted by molar-refractivity contribution is -0.153. The van der Waals surface area contributed by atoms with Crippen molar-refractivity contribution in [3.63, 3.8) is 0 Å². The Balaban J connectivity index is 1.43. The third-order valence-electron chi connectivity index (χ3n) is 7.31. The van der Waals surface area contributed by atoms with Crippen molar-refractivity contribution in [2.45, 2.75) is 61.7 Å². The first-order valence-electron chi connectivity index (χ1n) is 13.4. The first-order valence-corrected chi connectivity index (χ1v) is 15.7. The molecule has 214 valence electrons. The normalized spacial score (nSPS) is 20.4. The molecule has 1 N–H and O–H groups in total. The van der Waals surface area contributed by atoms with Gasteiger partial charge in [-0.05, 0) is 54.6 Å². The number of hydrogen-bond acceptors (Lipinski definition) is 8. The highest BCUT2D eigenvalue weighted by Crippen LogP contribution is 2.35. The van der Waals surface area contributed by atoms with E-state index in [0.29, 0.717) is 12.2 Å². The zero-order chi connectivity index (χ0) is 27.8. The number of likely N-dealkylation sites (N-methyl/N-ethyl adjacent to an activating group) is 1. The topological polar surface area (TPSA) is 106 Å². The third kappa shape index (κ3) is 7.40. The summed E-state index contributed by atoms with van der Waals surface area (Å²) in [5, 5.41) is 11.5. The largest absolute Gasteiger partial charge is 0.497 e. The number of methoxy groups -OCH3 is 1. The number of carbonyl (C=O) groups is 1. The SMILES string of the molecule is COc1ccc(S(=O)(=O)N(CCO)CCO[C@@H]2C[C@H](c3cccs3)C=C(C(=O)N(C)C3CCCCC3)O2)cc1. The van der Waals surface area contributed by atoms with Crippen molar-refractivity contribution < 1.29 is 32.5 Å². The van der Waals surface area contributed by atoms with Crippen LogP contribution in [0, 0.1) is 0 Å². The zero-order valence-electron chi connectivity index (χ0n) is 22.5. The van der Waals surface area contributed by atoms with Crippen LogP contribution in [0.3, 0.4) is 0 Å². The summed E-state index contributed by atoms with van der Waals surface area (Å²) in [4.78, 5) is 16.4. The molecule has 1 fully saturated rings. The van der Waals surface area contributed by atoms with Crippen LogP contribution in [0.1, 0.15) is 49.3 Å². The fourth-order valence-electron chi connectivity index (χ4n) is 5.07. The molecule has 0 bridgehead atoms. The van der Waals surface area contributed by atoms with E-state index in [1.165, 1.54) is 30.0 Å². The number of rotatable bonds is 12. The molecule has 0 unspecified atom stereocenters. The van der Waals surface area contributed by atoms with E-state index in [4.69, 9.17) is 14.2 Å². The van der Waals surface area contributed by atoms with Gasteiger partial charge in [0.15, 0.2) is 5.76 Å². The van der Waals surface area contributed by atoms with Crippen molar-refractivity contribution in [2.75, 3.05) is 40.5 Å². The van der Waals surface area contributed by atoms with Crippen molar-refractivity contribution in [1.29, 1.82) is 0 Å². The molecular formula is C28H38N2O7S2. The average molecular weight is 579 g/mol. The van der Waals surface area contributed by atoms with Crippen LogP contribution in [0.25, 0.3) is 0 Å². The maximum Gasteiger partial charge on any atom is 0.288 e. The molecule has 4 rings (SSSR count). The second kappa shape index (κ2) is 13.8. The molecule has 1 saturated carbocycles. The van der Waals surface area contributed by atoms with Crippen LogP contribution in [-0.2, 0) is 24.3 Å². The lowest BCUT2D eigenvalue weighted by atomic mass is 9.94. The second-order valence-electron chi connectivity index (χ2n) is 9.82. The number of aliphatic hydroxyl groups is 1. The molecule has 2 aromatic rings. The Morgan fingerprint density at radius 3 is 2.51 bits per heavy atom. The first kappa shape index (κ1) is 29.5. The molecule has 1 aromatic heterocycles. The number of allylic oxidation sites excluding steroid dienone is 1. The smallest absolute Gasteiger partial charge is 0.288 e. The van der Waals surface area contributed by atoms with Gasteiger partial charge in [-0.3, -0.25) is 4.79 Å². The predicted octanol–water partition coefficient (Wildman–Crippen LogP) is 3.96. The van der Waals surface area contributed by atoms with Gasteiger partial charge in [0, 0.05) is 43.4 Å². The monoisotopic (exact) mass is 578 g/mol. The highest BCUT2D eigenvalue weighted by atomic mass is 32.2. The number of benzene rings is 1. The average Bonchev–Trinajstić information content (AvgIpc) is 3.51. The van der Waals surface area contributed by atoms with Crippen molar-refractivity contribution in [2.24, 2.45) is 0 Å². The Morgan fingerprint density at radius 1 is 1.13 bits per heavy atom. The van der Waals surface area contributed by atoms with Gasteiger partial charge in [-0.2, -0.15) is 4.31 Å². The van der Waals surface area contributed by atoms with Crippen molar-refractivity contribution in [1.82, 2.24) is 9.21 Å². The minimum atomic E-state index is -3.86. The Labute approximate surface area is 235 Å². The fraction of sp³-hybridized carbons (Fsp3) is 0.536. The van der Waals surface area contributed by atoms with E-state index in [1.54, 1.807) is 28.4 Å². The third-order valence-corrected chi connectivity index (χ3v) is 10.2. The van der Waals surface area contributed by atoms with Gasteiger partial charge in [-0.1, -0.05) is 25.3 Å². The highest BCUT2D eigenvalue weighted by molar-refractivity contribution is 7.89. The molecule has 1 amide bonds. The molecule has 0 radical (unpaired) electrons. The molecule has 2 aliphatic rings. The predicted molar refractivity (Wildman–Crippen MR) is 149 cm³/mol. The van der Waals surface area contributed by atoms with Gasteiger partial charge in [0.1, 0.15) is 5.75 Å². The summed E-state index contributed by atoms with van der Waals surface area (Å²) < 4.78 is 44.8. The minimum Gasteiger partial charge on any atom is -0.497 e.